The average molecular weight is 983 g/mol. The maximum absolute atomic E-state index is 15.0. The molecule has 0 aliphatic carbocycles. The molecule has 0 atom stereocenters. The highest BCUT2D eigenvalue weighted by Gasteiger charge is 2.32. The number of pyridine rings is 1. The quantitative estimate of drug-likeness (QED) is 0.156. The number of rotatable bonds is 7. The van der Waals surface area contributed by atoms with Gasteiger partial charge in [-0.2, -0.15) is 39.5 Å². The van der Waals surface area contributed by atoms with Crippen LogP contribution in [0.1, 0.15) is 33.4 Å². The van der Waals surface area contributed by atoms with Crippen molar-refractivity contribution in [3.05, 3.63) is 234 Å². The van der Waals surface area contributed by atoms with E-state index in [1.54, 1.807) is 60.8 Å². The Kier molecular flexibility index (Phi) is 11.0. The highest BCUT2D eigenvalue weighted by atomic mass is 19.4. The molecule has 0 radical (unpaired) electrons. The van der Waals surface area contributed by atoms with E-state index < -0.39 is 11.7 Å². The Bertz CT molecular complexity index is 4360. The van der Waals surface area contributed by atoms with Gasteiger partial charge in [0.2, 0.25) is 0 Å². The molecular weight excluding hydrogens is 950 g/mol. The van der Waals surface area contributed by atoms with Crippen LogP contribution >= 0.6 is 0 Å². The minimum atomic E-state index is -4.80. The van der Waals surface area contributed by atoms with Gasteiger partial charge < -0.3 is 4.57 Å². The highest BCUT2D eigenvalue weighted by Crippen LogP contribution is 2.43. The second-order valence-electron chi connectivity index (χ2n) is 18.3. The molecular formula is C65H33F3N8. The lowest BCUT2D eigenvalue weighted by Crippen LogP contribution is -2.07. The smallest absolute Gasteiger partial charge is 0.307 e. The summed E-state index contributed by atoms with van der Waals surface area (Å²) in [6.07, 6.45) is -3.13. The van der Waals surface area contributed by atoms with E-state index in [1.807, 2.05) is 137 Å². The number of hydrogen-bond acceptors (Lipinski definition) is 6. The lowest BCUT2D eigenvalue weighted by Gasteiger charge is -2.18. The van der Waals surface area contributed by atoms with Crippen LogP contribution in [0.2, 0.25) is 0 Å². The molecule has 0 saturated carbocycles. The molecule has 0 spiro atoms. The molecule has 0 saturated heterocycles. The number of halogens is 3. The molecule has 12 rings (SSSR count). The van der Waals surface area contributed by atoms with Gasteiger partial charge in [-0.3, -0.25) is 4.57 Å². The van der Waals surface area contributed by atoms with Gasteiger partial charge in [0.05, 0.1) is 97.7 Å². The molecule has 0 amide bonds. The summed E-state index contributed by atoms with van der Waals surface area (Å²) in [5.74, 6) is 0.376. The molecule has 9 aromatic carbocycles. The van der Waals surface area contributed by atoms with Crippen LogP contribution < -0.4 is 0 Å². The zero-order valence-electron chi connectivity index (χ0n) is 39.8. The van der Waals surface area contributed by atoms with Gasteiger partial charge >= 0.3 is 6.18 Å². The molecule has 354 valence electrons. The highest BCUT2D eigenvalue weighted by molar-refractivity contribution is 6.13. The molecule has 11 heteroatoms. The number of aromatic nitrogens is 3. The van der Waals surface area contributed by atoms with Gasteiger partial charge in [-0.1, -0.05) is 97.1 Å². The SMILES string of the molecule is N#Cc1ccc(-c2ccc3c4ccc(-c5ccc(C#N)cc5)cc4n(-c4cc(-c5cc(C#N)cc(C(F)(F)F)c5)c(-n5c6cc(-c7ccc(C#N)cc7)ccc6c6ccc(-c7ccc(C#N)cc7)cc65)cn4)c3c2)cc1. The Balaban J connectivity index is 1.18. The van der Waals surface area contributed by atoms with Crippen molar-refractivity contribution in [3.8, 4) is 97.5 Å². The fourth-order valence-corrected chi connectivity index (χ4v) is 10.2. The number of alkyl halides is 3. The minimum Gasteiger partial charge on any atom is -0.307 e. The van der Waals surface area contributed by atoms with Crippen LogP contribution in [0.3, 0.4) is 0 Å². The van der Waals surface area contributed by atoms with Crippen molar-refractivity contribution in [1.29, 1.82) is 26.3 Å². The third kappa shape index (κ3) is 7.99. The maximum Gasteiger partial charge on any atom is 0.416 e. The second kappa shape index (κ2) is 18.2. The van der Waals surface area contributed by atoms with Crippen LogP contribution in [-0.2, 0) is 6.18 Å². The third-order valence-electron chi connectivity index (χ3n) is 14.0. The molecule has 3 aromatic heterocycles. The summed E-state index contributed by atoms with van der Waals surface area (Å²) < 4.78 is 49.0. The first-order valence-electron chi connectivity index (χ1n) is 23.8. The predicted molar refractivity (Wildman–Crippen MR) is 289 cm³/mol. The zero-order chi connectivity index (χ0) is 52.2. The lowest BCUT2D eigenvalue weighted by atomic mass is 9.98. The molecule has 0 fully saturated rings. The topological polar surface area (TPSA) is 142 Å². The second-order valence-corrected chi connectivity index (χ2v) is 18.3. The first-order chi connectivity index (χ1) is 37.0. The molecule has 0 N–H and O–H groups in total. The average Bonchev–Trinajstić information content (AvgIpc) is 4.09. The first kappa shape index (κ1) is 46.1. The largest absolute Gasteiger partial charge is 0.416 e. The van der Waals surface area contributed by atoms with Crippen LogP contribution in [0.25, 0.3) is 111 Å². The fourth-order valence-electron chi connectivity index (χ4n) is 10.2. The van der Waals surface area contributed by atoms with E-state index in [1.165, 1.54) is 6.07 Å². The number of hydrogen-bond donors (Lipinski definition) is 0. The minimum absolute atomic E-state index is 0.129. The van der Waals surface area contributed by atoms with Crippen LogP contribution in [0.5, 0.6) is 0 Å². The number of benzene rings is 9. The zero-order valence-corrected chi connectivity index (χ0v) is 39.8. The van der Waals surface area contributed by atoms with Gasteiger partial charge in [-0.15, -0.1) is 0 Å². The van der Waals surface area contributed by atoms with Crippen LogP contribution in [0, 0.1) is 56.7 Å². The fraction of sp³-hybridized carbons (Fsp3) is 0.0154. The Morgan fingerprint density at radius 1 is 0.329 bits per heavy atom. The summed E-state index contributed by atoms with van der Waals surface area (Å²) in [6.45, 7) is 0. The number of nitrogens with zero attached hydrogens (tertiary/aromatic N) is 8. The van der Waals surface area contributed by atoms with Gasteiger partial charge in [0.1, 0.15) is 5.82 Å². The predicted octanol–water partition coefficient (Wildman–Crippen LogP) is 16.0. The standard InChI is InChI=1S/C65H33F3N8/c66-65(67,68)53-26-43(37-73)25-52(27-53)58-32-64(76-61-30-50(46-13-5-41(35-71)6-14-46)19-23-56(61)57-24-20-51(31-62(57)76)47-15-7-42(36-72)8-16-47)74-38-63(58)75-59-28-48(44-9-1-39(33-69)2-10-44)17-21-54(59)55-22-18-49(29-60(55)75)45-11-3-40(34-70)4-12-45/h1-32,38H. The summed E-state index contributed by atoms with van der Waals surface area (Å²) in [4.78, 5) is 5.26. The molecule has 0 aliphatic rings. The van der Waals surface area contributed by atoms with Crippen molar-refractivity contribution in [3.63, 3.8) is 0 Å². The Morgan fingerprint density at radius 3 is 0.987 bits per heavy atom. The van der Waals surface area contributed by atoms with E-state index in [9.17, 15) is 39.5 Å². The van der Waals surface area contributed by atoms with Gasteiger partial charge in [0, 0.05) is 27.1 Å². The molecule has 0 unspecified atom stereocenters. The molecule has 3 heterocycles. The summed E-state index contributed by atoms with van der Waals surface area (Å²) >= 11 is 0. The van der Waals surface area contributed by atoms with Crippen molar-refractivity contribution in [2.24, 2.45) is 0 Å². The maximum atomic E-state index is 15.0. The normalized spacial score (nSPS) is 11.3. The van der Waals surface area contributed by atoms with Crippen LogP contribution in [0.15, 0.2) is 200 Å². The van der Waals surface area contributed by atoms with E-state index in [0.717, 1.165) is 89.2 Å². The van der Waals surface area contributed by atoms with E-state index in [-0.39, 0.29) is 11.1 Å². The van der Waals surface area contributed by atoms with Crippen LogP contribution in [-0.4, -0.2) is 14.1 Å². The van der Waals surface area contributed by atoms with Gasteiger partial charge in [-0.05, 0) is 147 Å². The van der Waals surface area contributed by atoms with E-state index in [0.29, 0.717) is 50.4 Å². The van der Waals surface area contributed by atoms with Crippen molar-refractivity contribution in [1.82, 2.24) is 14.1 Å². The molecule has 0 bridgehead atoms. The van der Waals surface area contributed by atoms with Crippen LogP contribution in [0.4, 0.5) is 13.2 Å². The molecule has 76 heavy (non-hydrogen) atoms. The summed E-state index contributed by atoms with van der Waals surface area (Å²) in [6, 6.07) is 69.1. The summed E-state index contributed by atoms with van der Waals surface area (Å²) in [7, 11) is 0. The molecule has 12 aromatic rings. The Labute approximate surface area is 432 Å². The number of fused-ring (bicyclic) bond motifs is 6. The number of nitriles is 5. The first-order valence-corrected chi connectivity index (χ1v) is 23.8. The van der Waals surface area contributed by atoms with Crippen molar-refractivity contribution in [2.75, 3.05) is 0 Å². The van der Waals surface area contributed by atoms with Crippen molar-refractivity contribution >= 4 is 43.6 Å². The molecule has 8 nitrogen and oxygen atoms in total. The third-order valence-corrected chi connectivity index (χ3v) is 14.0. The molecule has 0 aliphatic heterocycles. The van der Waals surface area contributed by atoms with Gasteiger partial charge in [0.15, 0.2) is 0 Å². The summed E-state index contributed by atoms with van der Waals surface area (Å²) in [5, 5.41) is 52.1. The Hall–Kier alpha value is -11.0. The van der Waals surface area contributed by atoms with Gasteiger partial charge in [-0.25, -0.2) is 4.98 Å². The monoisotopic (exact) mass is 982 g/mol. The van der Waals surface area contributed by atoms with Crippen molar-refractivity contribution in [2.45, 2.75) is 6.18 Å². The van der Waals surface area contributed by atoms with E-state index >= 15 is 0 Å². The Morgan fingerprint density at radius 2 is 0.658 bits per heavy atom. The van der Waals surface area contributed by atoms with Crippen molar-refractivity contribution < 1.29 is 13.2 Å². The van der Waals surface area contributed by atoms with E-state index in [4.69, 9.17) is 4.98 Å². The van der Waals surface area contributed by atoms with E-state index in [2.05, 4.69) is 24.3 Å². The van der Waals surface area contributed by atoms with Gasteiger partial charge in [0.25, 0.3) is 0 Å². The summed E-state index contributed by atoms with van der Waals surface area (Å²) in [5.41, 5.74) is 11.4. The lowest BCUT2D eigenvalue weighted by molar-refractivity contribution is -0.137.